The Bertz CT molecular complexity index is 757. The highest BCUT2D eigenvalue weighted by molar-refractivity contribution is 5.70. The van der Waals surface area contributed by atoms with Crippen LogP contribution in [0.2, 0.25) is 0 Å². The van der Waals surface area contributed by atoms with Crippen molar-refractivity contribution in [1.82, 2.24) is 0 Å². The fraction of sp³-hybridized carbons (Fsp3) is 0.929. The van der Waals surface area contributed by atoms with Gasteiger partial charge in [-0.05, 0) is 32.1 Å². The van der Waals surface area contributed by atoms with Gasteiger partial charge >= 0.3 is 17.9 Å². The zero-order valence-electron chi connectivity index (χ0n) is 33.4. The third kappa shape index (κ3) is 36.4. The van der Waals surface area contributed by atoms with E-state index in [0.29, 0.717) is 39.1 Å². The monoisotopic (exact) mass is 729 g/mol. The fourth-order valence-electron chi connectivity index (χ4n) is 5.75. The molecule has 0 aliphatic rings. The molecule has 0 aromatic rings. The van der Waals surface area contributed by atoms with Gasteiger partial charge in [0.05, 0.1) is 38.8 Å². The molecule has 0 spiro atoms. The van der Waals surface area contributed by atoms with Gasteiger partial charge in [-0.2, -0.15) is 0 Å². The van der Waals surface area contributed by atoms with E-state index in [9.17, 15) is 19.5 Å². The van der Waals surface area contributed by atoms with E-state index in [-0.39, 0.29) is 44.1 Å². The first-order valence-electron chi connectivity index (χ1n) is 21.3. The molecule has 0 aromatic heterocycles. The highest BCUT2D eigenvalue weighted by Gasteiger charge is 2.17. The molecule has 0 fully saturated rings. The highest BCUT2D eigenvalue weighted by Crippen LogP contribution is 2.14. The van der Waals surface area contributed by atoms with Crippen LogP contribution in [0.4, 0.5) is 0 Å². The summed E-state index contributed by atoms with van der Waals surface area (Å²) in [5.41, 5.74) is 0. The summed E-state index contributed by atoms with van der Waals surface area (Å²) in [7, 11) is 0. The quantitative estimate of drug-likeness (QED) is 0.0285. The van der Waals surface area contributed by atoms with Crippen LogP contribution in [0.5, 0.6) is 0 Å². The Morgan fingerprint density at radius 3 is 1.22 bits per heavy atom. The summed E-state index contributed by atoms with van der Waals surface area (Å²) in [6, 6.07) is 0. The number of carbonyl (C=O) groups is 3. The van der Waals surface area contributed by atoms with Crippen LogP contribution in [0.15, 0.2) is 0 Å². The first-order valence-corrected chi connectivity index (χ1v) is 21.3. The molecule has 9 nitrogen and oxygen atoms in total. The van der Waals surface area contributed by atoms with Crippen LogP contribution in [-0.4, -0.2) is 68.9 Å². The van der Waals surface area contributed by atoms with Crippen molar-refractivity contribution >= 4 is 17.9 Å². The van der Waals surface area contributed by atoms with Crippen molar-refractivity contribution in [2.24, 2.45) is 5.92 Å². The van der Waals surface area contributed by atoms with Crippen molar-refractivity contribution in [3.8, 4) is 0 Å². The van der Waals surface area contributed by atoms with Crippen LogP contribution in [-0.2, 0) is 38.1 Å². The van der Waals surface area contributed by atoms with Crippen LogP contribution in [0.3, 0.4) is 0 Å². The lowest BCUT2D eigenvalue weighted by molar-refractivity contribution is -0.161. The summed E-state index contributed by atoms with van der Waals surface area (Å²) in [5, 5.41) is 9.74. The van der Waals surface area contributed by atoms with Gasteiger partial charge in [0.25, 0.3) is 0 Å². The maximum absolute atomic E-state index is 12.5. The molecule has 1 N–H and O–H groups in total. The summed E-state index contributed by atoms with van der Waals surface area (Å²) in [6.45, 7) is 8.20. The summed E-state index contributed by atoms with van der Waals surface area (Å²) in [6.07, 6.45) is 27.8. The van der Waals surface area contributed by atoms with Crippen molar-refractivity contribution < 1.29 is 43.2 Å². The summed E-state index contributed by atoms with van der Waals surface area (Å²) in [5.74, 6) is -1.23. The SMILES string of the molecule is CCCCCCCCOC(=O)CCCCCCCCC(=O)OCC(CO)COC(=O)CCC(OCCCCCCCC)OCCCCCCCC. The van der Waals surface area contributed by atoms with Crippen molar-refractivity contribution in [2.45, 2.75) is 207 Å². The normalized spacial score (nSPS) is 11.9. The summed E-state index contributed by atoms with van der Waals surface area (Å²) < 4.78 is 28.1. The Morgan fingerprint density at radius 2 is 0.784 bits per heavy atom. The van der Waals surface area contributed by atoms with Crippen molar-refractivity contribution in [3.63, 3.8) is 0 Å². The minimum absolute atomic E-state index is 0.00287. The second kappa shape index (κ2) is 39.5. The molecular weight excluding hydrogens is 648 g/mol. The molecular formula is C42H80O9. The van der Waals surface area contributed by atoms with E-state index >= 15 is 0 Å². The number of esters is 3. The van der Waals surface area contributed by atoms with E-state index in [1.807, 2.05) is 0 Å². The number of rotatable bonds is 40. The maximum atomic E-state index is 12.5. The van der Waals surface area contributed by atoms with Gasteiger partial charge in [0, 0.05) is 32.5 Å². The van der Waals surface area contributed by atoms with Gasteiger partial charge in [-0.3, -0.25) is 14.4 Å². The van der Waals surface area contributed by atoms with Crippen LogP contribution < -0.4 is 0 Å². The highest BCUT2D eigenvalue weighted by atomic mass is 16.7. The molecule has 0 radical (unpaired) electrons. The van der Waals surface area contributed by atoms with Crippen molar-refractivity contribution in [3.05, 3.63) is 0 Å². The van der Waals surface area contributed by atoms with E-state index in [1.165, 1.54) is 77.0 Å². The molecule has 0 bridgehead atoms. The number of hydrogen-bond acceptors (Lipinski definition) is 9. The lowest BCUT2D eigenvalue weighted by Crippen LogP contribution is -2.25. The molecule has 0 amide bonds. The van der Waals surface area contributed by atoms with Gasteiger partial charge in [-0.15, -0.1) is 0 Å². The van der Waals surface area contributed by atoms with E-state index in [4.69, 9.17) is 23.7 Å². The lowest BCUT2D eigenvalue weighted by Gasteiger charge is -2.19. The first-order chi connectivity index (χ1) is 25.0. The fourth-order valence-corrected chi connectivity index (χ4v) is 5.75. The summed E-state index contributed by atoms with van der Waals surface area (Å²) >= 11 is 0. The molecule has 302 valence electrons. The Kier molecular flexibility index (Phi) is 38.2. The molecule has 0 aromatic carbocycles. The van der Waals surface area contributed by atoms with Gasteiger partial charge < -0.3 is 28.8 Å². The zero-order valence-corrected chi connectivity index (χ0v) is 33.4. The number of carbonyl (C=O) groups excluding carboxylic acids is 3. The van der Waals surface area contributed by atoms with E-state index in [0.717, 1.165) is 77.0 Å². The number of hydrogen-bond donors (Lipinski definition) is 1. The summed E-state index contributed by atoms with van der Waals surface area (Å²) in [4.78, 5) is 36.6. The van der Waals surface area contributed by atoms with Gasteiger partial charge in [-0.25, -0.2) is 0 Å². The zero-order chi connectivity index (χ0) is 37.5. The third-order valence-electron chi connectivity index (χ3n) is 9.18. The minimum Gasteiger partial charge on any atom is -0.466 e. The Hall–Kier alpha value is -1.71. The Balaban J connectivity index is 4.06. The van der Waals surface area contributed by atoms with E-state index in [2.05, 4.69) is 20.8 Å². The number of aliphatic hydroxyl groups excluding tert-OH is 1. The standard InChI is InChI=1S/C42H80O9/c1-4-7-10-13-20-25-32-47-39(44)28-23-18-16-17-19-24-29-40(45)50-36-38(35-43)37-51-41(46)30-31-42(48-33-26-21-14-11-8-5-2)49-34-27-22-15-12-9-6-3/h38,42-43H,4-37H2,1-3H3. The number of ether oxygens (including phenoxy) is 5. The number of aliphatic hydroxyl groups is 1. The maximum Gasteiger partial charge on any atom is 0.305 e. The molecule has 0 rings (SSSR count). The molecule has 0 saturated carbocycles. The molecule has 0 heterocycles. The van der Waals surface area contributed by atoms with Crippen LogP contribution >= 0.6 is 0 Å². The molecule has 0 saturated heterocycles. The molecule has 51 heavy (non-hydrogen) atoms. The van der Waals surface area contributed by atoms with E-state index in [1.54, 1.807) is 0 Å². The smallest absolute Gasteiger partial charge is 0.305 e. The second-order valence-electron chi connectivity index (χ2n) is 14.3. The van der Waals surface area contributed by atoms with Crippen LogP contribution in [0.25, 0.3) is 0 Å². The first kappa shape index (κ1) is 49.3. The molecule has 0 aliphatic heterocycles. The molecule has 1 atom stereocenters. The minimum atomic E-state index is -0.459. The van der Waals surface area contributed by atoms with Crippen molar-refractivity contribution in [2.75, 3.05) is 39.6 Å². The largest absolute Gasteiger partial charge is 0.466 e. The third-order valence-corrected chi connectivity index (χ3v) is 9.18. The topological polar surface area (TPSA) is 118 Å². The molecule has 9 heteroatoms. The molecule has 0 aliphatic carbocycles. The second-order valence-corrected chi connectivity index (χ2v) is 14.3. The predicted octanol–water partition coefficient (Wildman–Crippen LogP) is 10.6. The number of unbranched alkanes of at least 4 members (excludes halogenated alkanes) is 20. The van der Waals surface area contributed by atoms with Gasteiger partial charge in [0.2, 0.25) is 0 Å². The average Bonchev–Trinajstić information content (AvgIpc) is 3.13. The molecule has 1 unspecified atom stereocenters. The Labute approximate surface area is 313 Å². The average molecular weight is 729 g/mol. The van der Waals surface area contributed by atoms with Gasteiger partial charge in [-0.1, -0.05) is 143 Å². The van der Waals surface area contributed by atoms with Gasteiger partial charge in [0.1, 0.15) is 0 Å². The van der Waals surface area contributed by atoms with Crippen LogP contribution in [0, 0.1) is 5.92 Å². The predicted molar refractivity (Wildman–Crippen MR) is 205 cm³/mol. The van der Waals surface area contributed by atoms with E-state index < -0.39 is 12.2 Å². The van der Waals surface area contributed by atoms with Gasteiger partial charge in [0.15, 0.2) is 6.29 Å². The van der Waals surface area contributed by atoms with Crippen molar-refractivity contribution in [1.29, 1.82) is 0 Å². The lowest BCUT2D eigenvalue weighted by atomic mass is 10.1. The van der Waals surface area contributed by atoms with Crippen LogP contribution in [0.1, 0.15) is 201 Å². The Morgan fingerprint density at radius 1 is 0.431 bits per heavy atom.